The van der Waals surface area contributed by atoms with Gasteiger partial charge in [0, 0.05) is 25.2 Å². The number of esters is 1. The molecule has 0 aliphatic carbocycles. The average Bonchev–Trinajstić information content (AvgIpc) is 2.73. The highest BCUT2D eigenvalue weighted by molar-refractivity contribution is 5.94. The number of piperidine rings is 1. The minimum Gasteiger partial charge on any atom is -0.425 e. The largest absolute Gasteiger partial charge is 0.425 e. The van der Waals surface area contributed by atoms with E-state index < -0.39 is 12.1 Å². The molecule has 6 heteroatoms. The van der Waals surface area contributed by atoms with Gasteiger partial charge >= 0.3 is 5.97 Å². The highest BCUT2D eigenvalue weighted by Crippen LogP contribution is 2.29. The molecular formula is C22H26N2O4. The molecule has 6 nitrogen and oxygen atoms in total. The monoisotopic (exact) mass is 382 g/mol. The molecule has 0 radical (unpaired) electrons. The van der Waals surface area contributed by atoms with Gasteiger partial charge in [-0.15, -0.1) is 0 Å². The Morgan fingerprint density at radius 3 is 2.57 bits per heavy atom. The Bertz CT molecular complexity index is 842. The van der Waals surface area contributed by atoms with E-state index in [-0.39, 0.29) is 11.7 Å². The molecule has 0 saturated carbocycles. The molecule has 1 saturated heterocycles. The second-order valence-electron chi connectivity index (χ2n) is 7.14. The number of benzene rings is 2. The third-order valence-electron chi connectivity index (χ3n) is 5.08. The maximum atomic E-state index is 12.8. The Morgan fingerprint density at radius 1 is 1.18 bits per heavy atom. The summed E-state index contributed by atoms with van der Waals surface area (Å²) in [5, 5.41) is 9.26. The highest BCUT2D eigenvalue weighted by Gasteiger charge is 2.25. The molecule has 1 amide bonds. The van der Waals surface area contributed by atoms with Crippen molar-refractivity contribution >= 4 is 11.9 Å². The van der Waals surface area contributed by atoms with Crippen LogP contribution in [0, 0.1) is 0 Å². The summed E-state index contributed by atoms with van der Waals surface area (Å²) in [6.07, 6.45) is 0.587. The number of hydrogen-bond acceptors (Lipinski definition) is 5. The molecule has 148 valence electrons. The van der Waals surface area contributed by atoms with Crippen molar-refractivity contribution in [3.05, 3.63) is 65.2 Å². The summed E-state index contributed by atoms with van der Waals surface area (Å²) < 4.78 is 5.08. The molecule has 2 aromatic rings. The lowest BCUT2D eigenvalue weighted by Crippen LogP contribution is -2.38. The number of nitrogens with zero attached hydrogens (tertiary/aromatic N) is 1. The zero-order chi connectivity index (χ0) is 20.1. The number of aliphatic hydroxyl groups is 1. The number of ether oxygens (including phenoxy) is 1. The summed E-state index contributed by atoms with van der Waals surface area (Å²) in [6.45, 7) is 3.22. The molecule has 3 N–H and O–H groups in total. The molecule has 0 aromatic heterocycles. The zero-order valence-electron chi connectivity index (χ0n) is 16.0. The quantitative estimate of drug-likeness (QED) is 0.612. The maximum absolute atomic E-state index is 12.8. The Labute approximate surface area is 164 Å². The van der Waals surface area contributed by atoms with Crippen LogP contribution < -0.4 is 10.5 Å². The van der Waals surface area contributed by atoms with Gasteiger partial charge in [-0.3, -0.25) is 4.79 Å². The van der Waals surface area contributed by atoms with Gasteiger partial charge in [-0.05, 0) is 55.0 Å². The number of amides is 1. The summed E-state index contributed by atoms with van der Waals surface area (Å²) in [7, 11) is 0. The van der Waals surface area contributed by atoms with E-state index in [0.717, 1.165) is 18.4 Å². The third-order valence-corrected chi connectivity index (χ3v) is 5.08. The van der Waals surface area contributed by atoms with Crippen LogP contribution in [0.2, 0.25) is 0 Å². The van der Waals surface area contributed by atoms with Crippen molar-refractivity contribution in [1.82, 2.24) is 4.90 Å². The molecular weight excluding hydrogens is 356 g/mol. The SMILES string of the molecule is CC(O)C(=O)Oc1cccc(C(=O)N2CCC(c3cccc(CN)c3)CC2)c1. The van der Waals surface area contributed by atoms with Crippen LogP contribution >= 0.6 is 0 Å². The minimum absolute atomic E-state index is 0.0795. The number of aliphatic hydroxyl groups excluding tert-OH is 1. The summed E-state index contributed by atoms with van der Waals surface area (Å²) in [4.78, 5) is 26.2. The molecule has 2 aromatic carbocycles. The van der Waals surface area contributed by atoms with Crippen molar-refractivity contribution in [3.8, 4) is 5.75 Å². The Balaban J connectivity index is 1.63. The number of nitrogens with two attached hydrogens (primary N) is 1. The average molecular weight is 382 g/mol. The fourth-order valence-electron chi connectivity index (χ4n) is 3.47. The molecule has 1 unspecified atom stereocenters. The van der Waals surface area contributed by atoms with Crippen LogP contribution in [0.3, 0.4) is 0 Å². The van der Waals surface area contributed by atoms with Crippen LogP contribution in [0.25, 0.3) is 0 Å². The Hall–Kier alpha value is -2.70. The van der Waals surface area contributed by atoms with E-state index in [1.165, 1.54) is 12.5 Å². The smallest absolute Gasteiger partial charge is 0.340 e. The van der Waals surface area contributed by atoms with Crippen molar-refractivity contribution in [2.45, 2.75) is 38.3 Å². The topological polar surface area (TPSA) is 92.9 Å². The predicted molar refractivity (Wildman–Crippen MR) is 106 cm³/mol. The lowest BCUT2D eigenvalue weighted by Gasteiger charge is -2.32. The molecule has 0 spiro atoms. The van der Waals surface area contributed by atoms with Crippen molar-refractivity contribution in [3.63, 3.8) is 0 Å². The van der Waals surface area contributed by atoms with Crippen molar-refractivity contribution in [2.75, 3.05) is 13.1 Å². The van der Waals surface area contributed by atoms with E-state index in [1.54, 1.807) is 24.3 Å². The van der Waals surface area contributed by atoms with Crippen molar-refractivity contribution in [1.29, 1.82) is 0 Å². The number of likely N-dealkylation sites (tertiary alicyclic amines) is 1. The van der Waals surface area contributed by atoms with E-state index in [4.69, 9.17) is 10.5 Å². The molecule has 28 heavy (non-hydrogen) atoms. The van der Waals surface area contributed by atoms with E-state index in [1.807, 2.05) is 17.0 Å². The van der Waals surface area contributed by atoms with Gasteiger partial charge in [-0.1, -0.05) is 30.3 Å². The molecule has 1 aliphatic rings. The molecule has 1 aliphatic heterocycles. The van der Waals surface area contributed by atoms with Crippen LogP contribution in [0.5, 0.6) is 5.75 Å². The molecule has 1 heterocycles. The minimum atomic E-state index is -1.21. The number of hydrogen-bond donors (Lipinski definition) is 2. The van der Waals surface area contributed by atoms with E-state index in [9.17, 15) is 14.7 Å². The Kier molecular flexibility index (Phi) is 6.44. The van der Waals surface area contributed by atoms with Gasteiger partial charge in [0.2, 0.25) is 0 Å². The lowest BCUT2D eigenvalue weighted by molar-refractivity contribution is -0.142. The van der Waals surface area contributed by atoms with Gasteiger partial charge in [-0.25, -0.2) is 4.79 Å². The van der Waals surface area contributed by atoms with Crippen LogP contribution in [0.4, 0.5) is 0 Å². The summed E-state index contributed by atoms with van der Waals surface area (Å²) in [6, 6.07) is 14.9. The highest BCUT2D eigenvalue weighted by atomic mass is 16.5. The first kappa shape index (κ1) is 20.0. The zero-order valence-corrected chi connectivity index (χ0v) is 16.0. The molecule has 0 bridgehead atoms. The van der Waals surface area contributed by atoms with Crippen LogP contribution in [0.1, 0.15) is 47.2 Å². The van der Waals surface area contributed by atoms with Crippen LogP contribution in [-0.2, 0) is 11.3 Å². The first-order valence-corrected chi connectivity index (χ1v) is 9.56. The number of carbonyl (C=O) groups is 2. The predicted octanol–water partition coefficient (Wildman–Crippen LogP) is 2.45. The summed E-state index contributed by atoms with van der Waals surface area (Å²) in [5.41, 5.74) is 8.61. The first-order chi connectivity index (χ1) is 13.5. The van der Waals surface area contributed by atoms with Crippen molar-refractivity contribution < 1.29 is 19.4 Å². The van der Waals surface area contributed by atoms with E-state index >= 15 is 0 Å². The normalized spacial score (nSPS) is 15.9. The maximum Gasteiger partial charge on any atom is 0.340 e. The third kappa shape index (κ3) is 4.77. The van der Waals surface area contributed by atoms with Gasteiger partial charge in [0.1, 0.15) is 11.9 Å². The number of rotatable bonds is 5. The second-order valence-corrected chi connectivity index (χ2v) is 7.14. The Morgan fingerprint density at radius 2 is 1.89 bits per heavy atom. The number of carbonyl (C=O) groups excluding carboxylic acids is 2. The van der Waals surface area contributed by atoms with Gasteiger partial charge in [-0.2, -0.15) is 0 Å². The van der Waals surface area contributed by atoms with Gasteiger partial charge in [0.25, 0.3) is 5.91 Å². The summed E-state index contributed by atoms with van der Waals surface area (Å²) >= 11 is 0. The van der Waals surface area contributed by atoms with Crippen LogP contribution in [0.15, 0.2) is 48.5 Å². The fourth-order valence-corrected chi connectivity index (χ4v) is 3.47. The second kappa shape index (κ2) is 8.99. The summed E-state index contributed by atoms with van der Waals surface area (Å²) in [5.74, 6) is -0.145. The first-order valence-electron chi connectivity index (χ1n) is 9.56. The standard InChI is InChI=1S/C22H26N2O4/c1-15(25)22(27)28-20-7-3-6-19(13-20)21(26)24-10-8-17(9-11-24)18-5-2-4-16(12-18)14-23/h2-7,12-13,15,17,25H,8-11,14,23H2,1H3. The lowest BCUT2D eigenvalue weighted by atomic mass is 9.88. The van der Waals surface area contributed by atoms with E-state index in [2.05, 4.69) is 12.1 Å². The van der Waals surface area contributed by atoms with E-state index in [0.29, 0.717) is 31.1 Å². The van der Waals surface area contributed by atoms with Crippen molar-refractivity contribution in [2.24, 2.45) is 5.73 Å². The fraction of sp³-hybridized carbons (Fsp3) is 0.364. The molecule has 3 rings (SSSR count). The molecule has 1 fully saturated rings. The van der Waals surface area contributed by atoms with Gasteiger partial charge in [0.05, 0.1) is 0 Å². The van der Waals surface area contributed by atoms with Gasteiger partial charge in [0.15, 0.2) is 0 Å². The van der Waals surface area contributed by atoms with Crippen LogP contribution in [-0.4, -0.2) is 41.1 Å². The molecule has 1 atom stereocenters. The van der Waals surface area contributed by atoms with Gasteiger partial charge < -0.3 is 20.5 Å².